The minimum atomic E-state index is 0.337. The highest BCUT2D eigenvalue weighted by Gasteiger charge is 2.59. The minimum absolute atomic E-state index is 0.337. The summed E-state index contributed by atoms with van der Waals surface area (Å²) in [6.07, 6.45) is 18.1. The third-order valence-corrected chi connectivity index (χ3v) is 11.1. The van der Waals surface area contributed by atoms with Crippen molar-refractivity contribution in [1.29, 1.82) is 0 Å². The molecule has 4 aliphatic carbocycles. The van der Waals surface area contributed by atoms with Gasteiger partial charge in [-0.15, -0.1) is 0 Å². The van der Waals surface area contributed by atoms with Gasteiger partial charge in [0.15, 0.2) is 0 Å². The Labute approximate surface area is 211 Å². The van der Waals surface area contributed by atoms with Crippen LogP contribution in [0.25, 0.3) is 0 Å². The molecule has 8 atom stereocenters. The molecule has 4 rings (SSSR count). The number of ether oxygens (including phenoxy) is 2. The van der Waals surface area contributed by atoms with Crippen LogP contribution < -0.4 is 0 Å². The summed E-state index contributed by atoms with van der Waals surface area (Å²) in [4.78, 5) is 0. The zero-order chi connectivity index (χ0) is 24.5. The number of hydrogen-bond acceptors (Lipinski definition) is 2. The largest absolute Gasteiger partial charge is 0.496 e. The Kier molecular flexibility index (Phi) is 8.28. The lowest BCUT2D eigenvalue weighted by Crippen LogP contribution is -2.51. The van der Waals surface area contributed by atoms with Crippen molar-refractivity contribution >= 4 is 0 Å². The Hall–Kier alpha value is -0.760. The number of rotatable bonds is 10. The van der Waals surface area contributed by atoms with Crippen LogP contribution in [-0.4, -0.2) is 19.3 Å². The quantitative estimate of drug-likeness (QED) is 0.234. The molecule has 194 valence electrons. The van der Waals surface area contributed by atoms with Crippen molar-refractivity contribution < 1.29 is 9.47 Å². The van der Waals surface area contributed by atoms with E-state index in [1.807, 2.05) is 6.92 Å². The van der Waals surface area contributed by atoms with Gasteiger partial charge in [0.05, 0.1) is 12.7 Å². The average Bonchev–Trinajstić information content (AvgIpc) is 3.15. The molecule has 4 aliphatic rings. The Morgan fingerprint density at radius 3 is 2.59 bits per heavy atom. The van der Waals surface area contributed by atoms with Gasteiger partial charge in [0, 0.05) is 0 Å². The molecule has 34 heavy (non-hydrogen) atoms. The summed E-state index contributed by atoms with van der Waals surface area (Å²) in [5, 5.41) is 0. The van der Waals surface area contributed by atoms with Gasteiger partial charge in [-0.2, -0.15) is 0 Å². The van der Waals surface area contributed by atoms with Crippen molar-refractivity contribution in [3.05, 3.63) is 24.0 Å². The lowest BCUT2D eigenvalue weighted by molar-refractivity contribution is -0.0641. The lowest BCUT2D eigenvalue weighted by atomic mass is 9.47. The van der Waals surface area contributed by atoms with E-state index in [-0.39, 0.29) is 0 Å². The van der Waals surface area contributed by atoms with E-state index in [1.54, 1.807) is 5.57 Å². The highest BCUT2D eigenvalue weighted by atomic mass is 16.5. The molecule has 2 heteroatoms. The summed E-state index contributed by atoms with van der Waals surface area (Å²) < 4.78 is 11.7. The molecule has 0 amide bonds. The highest BCUT2D eigenvalue weighted by Crippen LogP contribution is 2.67. The lowest BCUT2D eigenvalue weighted by Gasteiger charge is -2.58. The molecular weight excluding hydrogens is 416 g/mol. The molecule has 0 bridgehead atoms. The first-order valence-electron chi connectivity index (χ1n) is 14.8. The first-order chi connectivity index (χ1) is 16.2. The molecule has 0 saturated heterocycles. The molecule has 0 radical (unpaired) electrons. The van der Waals surface area contributed by atoms with E-state index in [0.29, 0.717) is 30.1 Å². The smallest absolute Gasteiger partial charge is 0.114 e. The van der Waals surface area contributed by atoms with E-state index >= 15 is 0 Å². The van der Waals surface area contributed by atoms with Gasteiger partial charge in [-0.1, -0.05) is 72.1 Å². The summed E-state index contributed by atoms with van der Waals surface area (Å²) in [6.45, 7) is 19.9. The molecule has 3 unspecified atom stereocenters. The fourth-order valence-electron chi connectivity index (χ4n) is 9.25. The Bertz CT molecular complexity index is 737. The molecule has 0 N–H and O–H groups in total. The molecule has 2 nitrogen and oxygen atoms in total. The van der Waals surface area contributed by atoms with Crippen molar-refractivity contribution in [3.8, 4) is 0 Å². The SMILES string of the molecule is C=C(CO[C@H]1CC[C@@]2(C)C(=CCC3C2CC[C@@]2(C)C3CC[C@@H]2[C@H](C)CCCC(C)C)C1)OCC. The summed E-state index contributed by atoms with van der Waals surface area (Å²) in [6, 6.07) is 0. The first kappa shape index (κ1) is 26.3. The van der Waals surface area contributed by atoms with Crippen LogP contribution in [0.3, 0.4) is 0 Å². The maximum absolute atomic E-state index is 6.23. The van der Waals surface area contributed by atoms with Crippen LogP contribution in [0.2, 0.25) is 0 Å². The molecule has 0 aromatic carbocycles. The summed E-state index contributed by atoms with van der Waals surface area (Å²) in [5.74, 6) is 6.22. The van der Waals surface area contributed by atoms with Gasteiger partial charge in [-0.25, -0.2) is 0 Å². The number of allylic oxidation sites excluding steroid dienone is 1. The van der Waals surface area contributed by atoms with Gasteiger partial charge >= 0.3 is 0 Å². The molecule has 0 aromatic heterocycles. The Morgan fingerprint density at radius 1 is 1.06 bits per heavy atom. The summed E-state index contributed by atoms with van der Waals surface area (Å²) in [7, 11) is 0. The number of fused-ring (bicyclic) bond motifs is 5. The predicted octanol–water partition coefficient (Wildman–Crippen LogP) is 8.96. The second-order valence-electron chi connectivity index (χ2n) is 13.4. The summed E-state index contributed by atoms with van der Waals surface area (Å²) in [5.41, 5.74) is 2.70. The Balaban J connectivity index is 1.40. The molecule has 0 heterocycles. The average molecular weight is 471 g/mol. The van der Waals surface area contributed by atoms with Gasteiger partial charge < -0.3 is 9.47 Å². The van der Waals surface area contributed by atoms with Crippen molar-refractivity contribution in [2.45, 2.75) is 118 Å². The topological polar surface area (TPSA) is 18.5 Å². The standard InChI is InChI=1S/C32H54O2/c1-8-33-24(5)21-34-26-16-18-31(6)25(20-26)12-13-27-29-15-14-28(23(4)11-9-10-22(2)3)32(29,7)19-17-30(27)31/h12,22-23,26-30H,5,8-11,13-21H2,1-4,6-7H3/t23-,26+,27?,28-,29?,30?,31+,32-/m1/s1. The normalized spacial score (nSPS) is 40.2. The second kappa shape index (κ2) is 10.7. The zero-order valence-corrected chi connectivity index (χ0v) is 23.3. The monoisotopic (exact) mass is 470 g/mol. The molecule has 0 aliphatic heterocycles. The minimum Gasteiger partial charge on any atom is -0.496 e. The highest BCUT2D eigenvalue weighted by molar-refractivity contribution is 5.25. The van der Waals surface area contributed by atoms with Gasteiger partial charge in [-0.05, 0) is 105 Å². The first-order valence-corrected chi connectivity index (χ1v) is 14.8. The van der Waals surface area contributed by atoms with Gasteiger partial charge in [0.1, 0.15) is 12.4 Å². The van der Waals surface area contributed by atoms with E-state index in [9.17, 15) is 0 Å². The van der Waals surface area contributed by atoms with Crippen LogP contribution in [-0.2, 0) is 9.47 Å². The van der Waals surface area contributed by atoms with Crippen LogP contribution in [0.15, 0.2) is 24.0 Å². The van der Waals surface area contributed by atoms with E-state index < -0.39 is 0 Å². The second-order valence-corrected chi connectivity index (χ2v) is 13.4. The van der Waals surface area contributed by atoms with Crippen molar-refractivity contribution in [2.24, 2.45) is 46.3 Å². The maximum Gasteiger partial charge on any atom is 0.114 e. The molecular formula is C32H54O2. The van der Waals surface area contributed by atoms with Crippen LogP contribution in [0, 0.1) is 46.3 Å². The number of hydrogen-bond donors (Lipinski definition) is 0. The molecule has 3 fully saturated rings. The molecule has 3 saturated carbocycles. The van der Waals surface area contributed by atoms with Crippen LogP contribution >= 0.6 is 0 Å². The van der Waals surface area contributed by atoms with Gasteiger partial charge in [-0.3, -0.25) is 0 Å². The van der Waals surface area contributed by atoms with E-state index in [0.717, 1.165) is 47.7 Å². The van der Waals surface area contributed by atoms with E-state index in [2.05, 4.69) is 47.3 Å². The van der Waals surface area contributed by atoms with Crippen molar-refractivity contribution in [2.75, 3.05) is 13.2 Å². The third-order valence-electron chi connectivity index (χ3n) is 11.1. The molecule has 0 spiro atoms. The zero-order valence-electron chi connectivity index (χ0n) is 23.3. The van der Waals surface area contributed by atoms with Gasteiger partial charge in [0.2, 0.25) is 0 Å². The van der Waals surface area contributed by atoms with Gasteiger partial charge in [0.25, 0.3) is 0 Å². The third kappa shape index (κ3) is 5.05. The van der Waals surface area contributed by atoms with E-state index in [1.165, 1.54) is 64.2 Å². The Morgan fingerprint density at radius 2 is 1.85 bits per heavy atom. The maximum atomic E-state index is 6.23. The van der Waals surface area contributed by atoms with Crippen LogP contribution in [0.4, 0.5) is 0 Å². The van der Waals surface area contributed by atoms with Crippen LogP contribution in [0.1, 0.15) is 112 Å². The molecule has 0 aromatic rings. The van der Waals surface area contributed by atoms with Crippen molar-refractivity contribution in [1.82, 2.24) is 0 Å². The van der Waals surface area contributed by atoms with Crippen LogP contribution in [0.5, 0.6) is 0 Å². The predicted molar refractivity (Wildman–Crippen MR) is 144 cm³/mol. The van der Waals surface area contributed by atoms with Crippen molar-refractivity contribution in [3.63, 3.8) is 0 Å². The fraction of sp³-hybridized carbons (Fsp3) is 0.875. The van der Waals surface area contributed by atoms with E-state index in [4.69, 9.17) is 9.47 Å². The summed E-state index contributed by atoms with van der Waals surface area (Å²) >= 11 is 0. The fourth-order valence-corrected chi connectivity index (χ4v) is 9.25.